The molecule has 1 aromatic carbocycles. The van der Waals surface area contributed by atoms with Gasteiger partial charge in [-0.25, -0.2) is 8.78 Å². The lowest BCUT2D eigenvalue weighted by molar-refractivity contribution is -0.384. The van der Waals surface area contributed by atoms with Crippen molar-refractivity contribution < 1.29 is 18.5 Å². The van der Waals surface area contributed by atoms with Crippen LogP contribution in [0.15, 0.2) is 12.1 Å². The highest BCUT2D eigenvalue weighted by Gasteiger charge is 2.24. The van der Waals surface area contributed by atoms with Gasteiger partial charge in [0.05, 0.1) is 17.5 Å². The third-order valence-corrected chi connectivity index (χ3v) is 2.62. The lowest BCUT2D eigenvalue weighted by Crippen LogP contribution is -2.30. The van der Waals surface area contributed by atoms with Crippen molar-refractivity contribution in [2.75, 3.05) is 11.9 Å². The van der Waals surface area contributed by atoms with Gasteiger partial charge in [-0.1, -0.05) is 0 Å². The Morgan fingerprint density at radius 3 is 2.68 bits per heavy atom. The van der Waals surface area contributed by atoms with Crippen LogP contribution in [0.5, 0.6) is 0 Å². The van der Waals surface area contributed by atoms with Crippen LogP contribution in [0.1, 0.15) is 12.8 Å². The topological polar surface area (TPSA) is 84.3 Å². The molecular formula is C11H11F2N3O3. The van der Waals surface area contributed by atoms with Crippen LogP contribution in [0.4, 0.5) is 20.2 Å². The van der Waals surface area contributed by atoms with Crippen molar-refractivity contribution in [1.82, 2.24) is 5.32 Å². The molecule has 1 saturated carbocycles. The van der Waals surface area contributed by atoms with E-state index in [0.29, 0.717) is 12.1 Å². The standard InChI is InChI=1S/C11H11F2N3O3/c12-6-3-8(13)11(9(4-6)16(18)19)15-10(17)5-14-7-1-2-7/h3-4,7,14H,1-2,5H2,(H,15,17). The summed E-state index contributed by atoms with van der Waals surface area (Å²) in [5, 5.41) is 15.7. The van der Waals surface area contributed by atoms with Gasteiger partial charge in [0.15, 0.2) is 11.5 Å². The molecule has 6 nitrogen and oxygen atoms in total. The molecule has 1 fully saturated rings. The summed E-state index contributed by atoms with van der Waals surface area (Å²) in [6.45, 7) is -0.0708. The minimum absolute atomic E-state index is 0.0708. The van der Waals surface area contributed by atoms with Crippen LogP contribution in [0.2, 0.25) is 0 Å². The molecule has 1 aromatic rings. The summed E-state index contributed by atoms with van der Waals surface area (Å²) in [6, 6.07) is 1.32. The fourth-order valence-electron chi connectivity index (χ4n) is 1.54. The maximum absolute atomic E-state index is 13.5. The van der Waals surface area contributed by atoms with Crippen LogP contribution in [-0.4, -0.2) is 23.4 Å². The Balaban J connectivity index is 2.13. The molecule has 1 aliphatic rings. The number of rotatable bonds is 5. The second-order valence-corrected chi connectivity index (χ2v) is 4.24. The van der Waals surface area contributed by atoms with Gasteiger partial charge in [0, 0.05) is 12.1 Å². The fraction of sp³-hybridized carbons (Fsp3) is 0.364. The Bertz CT molecular complexity index is 532. The minimum Gasteiger partial charge on any atom is -0.317 e. The number of nitrogens with one attached hydrogen (secondary N) is 2. The van der Waals surface area contributed by atoms with Gasteiger partial charge in [0.2, 0.25) is 5.91 Å². The summed E-state index contributed by atoms with van der Waals surface area (Å²) in [7, 11) is 0. The number of amides is 1. The maximum atomic E-state index is 13.5. The molecule has 2 rings (SSSR count). The average molecular weight is 271 g/mol. The largest absolute Gasteiger partial charge is 0.317 e. The predicted octanol–water partition coefficient (Wildman–Crippen LogP) is 1.56. The molecule has 2 N–H and O–H groups in total. The van der Waals surface area contributed by atoms with E-state index in [4.69, 9.17) is 0 Å². The predicted molar refractivity (Wildman–Crippen MR) is 62.7 cm³/mol. The van der Waals surface area contributed by atoms with Crippen LogP contribution in [-0.2, 0) is 4.79 Å². The van der Waals surface area contributed by atoms with Gasteiger partial charge in [-0.3, -0.25) is 14.9 Å². The highest BCUT2D eigenvalue weighted by atomic mass is 19.1. The third-order valence-electron chi connectivity index (χ3n) is 2.62. The molecule has 19 heavy (non-hydrogen) atoms. The summed E-state index contributed by atoms with van der Waals surface area (Å²) in [5.74, 6) is -2.86. The van der Waals surface area contributed by atoms with Crippen molar-refractivity contribution in [3.63, 3.8) is 0 Å². The zero-order valence-electron chi connectivity index (χ0n) is 9.78. The Morgan fingerprint density at radius 1 is 1.42 bits per heavy atom. The number of carbonyl (C=O) groups excluding carboxylic acids is 1. The Morgan fingerprint density at radius 2 is 2.11 bits per heavy atom. The number of nitro groups is 1. The number of hydrogen-bond acceptors (Lipinski definition) is 4. The molecular weight excluding hydrogens is 260 g/mol. The first kappa shape index (κ1) is 13.3. The SMILES string of the molecule is O=C(CNC1CC1)Nc1c(F)cc(F)cc1[N+](=O)[O-]. The highest BCUT2D eigenvalue weighted by molar-refractivity contribution is 5.94. The number of benzene rings is 1. The van der Waals surface area contributed by atoms with Gasteiger partial charge in [0.1, 0.15) is 5.82 Å². The number of carbonyl (C=O) groups is 1. The molecule has 0 atom stereocenters. The van der Waals surface area contributed by atoms with E-state index in [0.717, 1.165) is 12.8 Å². The summed E-state index contributed by atoms with van der Waals surface area (Å²) in [5.41, 5.74) is -1.42. The minimum atomic E-state index is -1.17. The average Bonchev–Trinajstić information content (AvgIpc) is 3.13. The Kier molecular flexibility index (Phi) is 3.70. The van der Waals surface area contributed by atoms with Crippen LogP contribution in [0.25, 0.3) is 0 Å². The van der Waals surface area contributed by atoms with E-state index < -0.39 is 33.8 Å². The lowest BCUT2D eigenvalue weighted by atomic mass is 10.2. The second-order valence-electron chi connectivity index (χ2n) is 4.24. The van der Waals surface area contributed by atoms with Crippen molar-refractivity contribution in [2.45, 2.75) is 18.9 Å². The van der Waals surface area contributed by atoms with E-state index in [9.17, 15) is 23.7 Å². The molecule has 0 heterocycles. The lowest BCUT2D eigenvalue weighted by Gasteiger charge is -2.07. The highest BCUT2D eigenvalue weighted by Crippen LogP contribution is 2.28. The summed E-state index contributed by atoms with van der Waals surface area (Å²) in [6.07, 6.45) is 1.94. The van der Waals surface area contributed by atoms with Crippen LogP contribution < -0.4 is 10.6 Å². The van der Waals surface area contributed by atoms with E-state index in [-0.39, 0.29) is 12.6 Å². The first-order valence-corrected chi connectivity index (χ1v) is 5.64. The first-order valence-electron chi connectivity index (χ1n) is 5.64. The van der Waals surface area contributed by atoms with Crippen molar-refractivity contribution >= 4 is 17.3 Å². The first-order chi connectivity index (χ1) is 8.97. The summed E-state index contributed by atoms with van der Waals surface area (Å²) in [4.78, 5) is 21.2. The molecule has 0 aromatic heterocycles. The molecule has 0 saturated heterocycles. The molecule has 0 unspecified atom stereocenters. The molecule has 0 spiro atoms. The van der Waals surface area contributed by atoms with Gasteiger partial charge in [-0.2, -0.15) is 0 Å². The van der Waals surface area contributed by atoms with E-state index in [1.54, 1.807) is 0 Å². The van der Waals surface area contributed by atoms with Crippen LogP contribution in [0.3, 0.4) is 0 Å². The maximum Gasteiger partial charge on any atom is 0.298 e. The number of hydrogen-bond donors (Lipinski definition) is 2. The molecule has 102 valence electrons. The monoisotopic (exact) mass is 271 g/mol. The number of nitro benzene ring substituents is 1. The van der Waals surface area contributed by atoms with Crippen molar-refractivity contribution in [3.05, 3.63) is 33.9 Å². The van der Waals surface area contributed by atoms with Crippen molar-refractivity contribution in [3.8, 4) is 0 Å². The summed E-state index contributed by atoms with van der Waals surface area (Å²) >= 11 is 0. The van der Waals surface area contributed by atoms with E-state index in [1.165, 1.54) is 0 Å². The molecule has 8 heteroatoms. The second kappa shape index (κ2) is 5.27. The smallest absolute Gasteiger partial charge is 0.298 e. The van der Waals surface area contributed by atoms with Gasteiger partial charge in [-0.05, 0) is 12.8 Å². The Labute approximate surface area is 106 Å². The van der Waals surface area contributed by atoms with E-state index in [2.05, 4.69) is 10.6 Å². The molecule has 0 aliphatic heterocycles. The quantitative estimate of drug-likeness (QED) is 0.628. The molecule has 1 amide bonds. The van der Waals surface area contributed by atoms with Gasteiger partial charge in [0.25, 0.3) is 5.69 Å². The van der Waals surface area contributed by atoms with Crippen molar-refractivity contribution in [1.29, 1.82) is 0 Å². The number of halogens is 2. The molecule has 1 aliphatic carbocycles. The van der Waals surface area contributed by atoms with E-state index >= 15 is 0 Å². The molecule has 0 radical (unpaired) electrons. The Hall–Kier alpha value is -2.09. The van der Waals surface area contributed by atoms with Crippen LogP contribution >= 0.6 is 0 Å². The zero-order valence-corrected chi connectivity index (χ0v) is 9.78. The number of nitrogens with zero attached hydrogens (tertiary/aromatic N) is 1. The van der Waals surface area contributed by atoms with Gasteiger partial charge < -0.3 is 10.6 Å². The number of anilines is 1. The van der Waals surface area contributed by atoms with Gasteiger partial charge in [-0.15, -0.1) is 0 Å². The normalized spacial score (nSPS) is 14.2. The summed E-state index contributed by atoms with van der Waals surface area (Å²) < 4.78 is 26.4. The van der Waals surface area contributed by atoms with Crippen molar-refractivity contribution in [2.24, 2.45) is 0 Å². The zero-order chi connectivity index (χ0) is 14.0. The van der Waals surface area contributed by atoms with E-state index in [1.807, 2.05) is 0 Å². The molecule has 0 bridgehead atoms. The van der Waals surface area contributed by atoms with Crippen LogP contribution in [0, 0.1) is 21.7 Å². The van der Waals surface area contributed by atoms with Gasteiger partial charge >= 0.3 is 0 Å². The third kappa shape index (κ3) is 3.44. The fourth-order valence-corrected chi connectivity index (χ4v) is 1.54.